The molecule has 2 heterocycles. The number of esters is 1. The predicted molar refractivity (Wildman–Crippen MR) is 185 cm³/mol. The lowest BCUT2D eigenvalue weighted by molar-refractivity contribution is -0.140. The third-order valence-electron chi connectivity index (χ3n) is 7.47. The Bertz CT molecular complexity index is 1900. The highest BCUT2D eigenvalue weighted by atomic mass is 35.5. The lowest BCUT2D eigenvalue weighted by Gasteiger charge is -2.28. The van der Waals surface area contributed by atoms with Crippen molar-refractivity contribution in [2.24, 2.45) is 0 Å². The fourth-order valence-corrected chi connectivity index (χ4v) is 6.39. The number of nitrogens with zero attached hydrogens (tertiary/aromatic N) is 3. The fourth-order valence-electron chi connectivity index (χ4n) is 5.15. The minimum atomic E-state index is -0.652. The molecule has 1 atom stereocenters. The standard InChI is InChI=1S/C36H32Cl2N4O4S/c1-3-44-31-19-26(15-18-30(31)45-20-25-13-16-28(37)17-14-25)33-32(34(43)46-21-24-9-5-4-6-10-24)23(2)39-35-40-36(41-42(33)35)47-22-27-11-7-8-12-29(27)38/h4-19,33H,3,20-22H2,1-2H3,(H,39,40,41). The zero-order chi connectivity index (χ0) is 32.8. The quantitative estimate of drug-likeness (QED) is 0.103. The number of halogens is 2. The Labute approximate surface area is 287 Å². The van der Waals surface area contributed by atoms with Crippen LogP contribution in [0.5, 0.6) is 11.5 Å². The number of thioether (sulfide) groups is 1. The summed E-state index contributed by atoms with van der Waals surface area (Å²) >= 11 is 13.9. The molecule has 0 radical (unpaired) electrons. The molecular formula is C36H32Cl2N4O4S. The summed E-state index contributed by atoms with van der Waals surface area (Å²) in [7, 11) is 0. The van der Waals surface area contributed by atoms with E-state index in [9.17, 15) is 4.79 Å². The maximum Gasteiger partial charge on any atom is 0.338 e. The number of nitrogens with one attached hydrogen (secondary N) is 1. The molecule has 8 nitrogen and oxygen atoms in total. The van der Waals surface area contributed by atoms with Crippen molar-refractivity contribution in [3.63, 3.8) is 0 Å². The lowest BCUT2D eigenvalue weighted by atomic mass is 9.95. The molecule has 6 rings (SSSR count). The number of hydrogen-bond donors (Lipinski definition) is 1. The van der Waals surface area contributed by atoms with Gasteiger partial charge in [0.1, 0.15) is 19.3 Å². The molecule has 4 aromatic carbocycles. The van der Waals surface area contributed by atoms with Gasteiger partial charge in [-0.05, 0) is 66.4 Å². The Morgan fingerprint density at radius 1 is 0.894 bits per heavy atom. The van der Waals surface area contributed by atoms with Gasteiger partial charge in [0.15, 0.2) is 11.5 Å². The zero-order valence-corrected chi connectivity index (χ0v) is 28.1. The monoisotopic (exact) mass is 686 g/mol. The van der Waals surface area contributed by atoms with E-state index in [0.29, 0.717) is 62.9 Å². The van der Waals surface area contributed by atoms with E-state index in [4.69, 9.17) is 47.5 Å². The molecule has 240 valence electrons. The fraction of sp³-hybridized carbons (Fsp3) is 0.194. The van der Waals surface area contributed by atoms with Crippen molar-refractivity contribution in [2.45, 2.75) is 44.0 Å². The molecular weight excluding hydrogens is 655 g/mol. The molecule has 1 aliphatic rings. The van der Waals surface area contributed by atoms with Crippen LogP contribution < -0.4 is 14.8 Å². The highest BCUT2D eigenvalue weighted by Gasteiger charge is 2.36. The van der Waals surface area contributed by atoms with Crippen molar-refractivity contribution in [1.82, 2.24) is 14.8 Å². The van der Waals surface area contributed by atoms with Crippen LogP contribution in [0.4, 0.5) is 5.95 Å². The number of benzene rings is 4. The third-order valence-corrected chi connectivity index (χ3v) is 8.98. The van der Waals surface area contributed by atoms with Gasteiger partial charge in [0.25, 0.3) is 0 Å². The Morgan fingerprint density at radius 3 is 2.40 bits per heavy atom. The Morgan fingerprint density at radius 2 is 1.64 bits per heavy atom. The van der Waals surface area contributed by atoms with Crippen LogP contribution in [-0.4, -0.2) is 27.3 Å². The normalized spacial score (nSPS) is 13.9. The topological polar surface area (TPSA) is 87.5 Å². The summed E-state index contributed by atoms with van der Waals surface area (Å²) < 4.78 is 19.8. The van der Waals surface area contributed by atoms with E-state index in [-0.39, 0.29) is 6.61 Å². The van der Waals surface area contributed by atoms with Crippen LogP contribution in [0.25, 0.3) is 0 Å². The van der Waals surface area contributed by atoms with Gasteiger partial charge in [-0.2, -0.15) is 4.98 Å². The van der Waals surface area contributed by atoms with Gasteiger partial charge >= 0.3 is 5.97 Å². The minimum Gasteiger partial charge on any atom is -0.490 e. The molecule has 5 aromatic rings. The number of hydrogen-bond acceptors (Lipinski definition) is 8. The minimum absolute atomic E-state index is 0.133. The average molecular weight is 688 g/mol. The van der Waals surface area contributed by atoms with Gasteiger partial charge in [0.05, 0.1) is 12.2 Å². The molecule has 0 spiro atoms. The number of fused-ring (bicyclic) bond motifs is 1. The van der Waals surface area contributed by atoms with Crippen molar-refractivity contribution < 1.29 is 19.0 Å². The Hall–Kier alpha value is -4.44. The van der Waals surface area contributed by atoms with E-state index in [1.807, 2.05) is 111 Å². The summed E-state index contributed by atoms with van der Waals surface area (Å²) in [6.07, 6.45) is 0. The number of rotatable bonds is 12. The molecule has 0 amide bonds. The second-order valence-corrected chi connectivity index (χ2v) is 12.5. The second kappa shape index (κ2) is 15.0. The van der Waals surface area contributed by atoms with E-state index in [1.165, 1.54) is 11.8 Å². The molecule has 0 aliphatic carbocycles. The SMILES string of the molecule is CCOc1cc(C2C(C(=O)OCc3ccccc3)=C(C)Nc3nc(SCc4ccccc4Cl)nn32)ccc1OCc1ccc(Cl)cc1. The smallest absolute Gasteiger partial charge is 0.338 e. The van der Waals surface area contributed by atoms with Gasteiger partial charge in [0, 0.05) is 21.5 Å². The van der Waals surface area contributed by atoms with Gasteiger partial charge in [-0.1, -0.05) is 102 Å². The summed E-state index contributed by atoms with van der Waals surface area (Å²) in [5.41, 5.74) is 4.63. The molecule has 0 saturated heterocycles. The molecule has 47 heavy (non-hydrogen) atoms. The number of aromatic nitrogens is 3. The van der Waals surface area contributed by atoms with Crippen LogP contribution >= 0.6 is 35.0 Å². The van der Waals surface area contributed by atoms with E-state index in [1.54, 1.807) is 4.68 Å². The number of anilines is 1. The maximum absolute atomic E-state index is 13.8. The number of carbonyl (C=O) groups excluding carboxylic acids is 1. The van der Waals surface area contributed by atoms with Crippen LogP contribution in [0.3, 0.4) is 0 Å². The third kappa shape index (κ3) is 7.76. The van der Waals surface area contributed by atoms with E-state index >= 15 is 0 Å². The molecule has 0 bridgehead atoms. The Balaban J connectivity index is 1.33. The number of allylic oxidation sites excluding steroid dienone is 1. The van der Waals surface area contributed by atoms with Crippen LogP contribution in [0.15, 0.2) is 113 Å². The predicted octanol–water partition coefficient (Wildman–Crippen LogP) is 8.89. The first-order valence-corrected chi connectivity index (χ1v) is 16.8. The summed E-state index contributed by atoms with van der Waals surface area (Å²) in [5, 5.41) is 10.0. The number of carbonyl (C=O) groups is 1. The first-order valence-electron chi connectivity index (χ1n) is 15.0. The second-order valence-electron chi connectivity index (χ2n) is 10.7. The first-order chi connectivity index (χ1) is 22.9. The van der Waals surface area contributed by atoms with E-state index < -0.39 is 12.0 Å². The summed E-state index contributed by atoms with van der Waals surface area (Å²) in [6, 6.07) is 29.7. The summed E-state index contributed by atoms with van der Waals surface area (Å²) in [5.74, 6) is 1.75. The first kappa shape index (κ1) is 32.5. The molecule has 11 heteroatoms. The zero-order valence-electron chi connectivity index (χ0n) is 25.8. The van der Waals surface area contributed by atoms with Crippen molar-refractivity contribution >= 4 is 46.9 Å². The molecule has 0 saturated carbocycles. The summed E-state index contributed by atoms with van der Waals surface area (Å²) in [6.45, 7) is 4.64. The molecule has 0 fully saturated rings. The van der Waals surface area contributed by atoms with Crippen molar-refractivity contribution in [3.05, 3.63) is 141 Å². The van der Waals surface area contributed by atoms with Gasteiger partial charge < -0.3 is 19.5 Å². The van der Waals surface area contributed by atoms with Crippen LogP contribution in [-0.2, 0) is 28.5 Å². The molecule has 1 unspecified atom stereocenters. The van der Waals surface area contributed by atoms with Crippen LogP contribution in [0.2, 0.25) is 10.0 Å². The summed E-state index contributed by atoms with van der Waals surface area (Å²) in [4.78, 5) is 18.6. The molecule has 1 aromatic heterocycles. The average Bonchev–Trinajstić information content (AvgIpc) is 3.49. The van der Waals surface area contributed by atoms with Gasteiger partial charge in [0.2, 0.25) is 11.1 Å². The van der Waals surface area contributed by atoms with Gasteiger partial charge in [-0.3, -0.25) is 0 Å². The van der Waals surface area contributed by atoms with Crippen molar-refractivity contribution in [1.29, 1.82) is 0 Å². The van der Waals surface area contributed by atoms with Crippen LogP contribution in [0.1, 0.15) is 42.1 Å². The van der Waals surface area contributed by atoms with Crippen molar-refractivity contribution in [3.8, 4) is 11.5 Å². The lowest BCUT2D eigenvalue weighted by Crippen LogP contribution is -2.29. The highest BCUT2D eigenvalue weighted by molar-refractivity contribution is 7.98. The number of ether oxygens (including phenoxy) is 3. The van der Waals surface area contributed by atoms with Crippen molar-refractivity contribution in [2.75, 3.05) is 11.9 Å². The maximum atomic E-state index is 13.8. The Kier molecular flexibility index (Phi) is 10.4. The van der Waals surface area contributed by atoms with Gasteiger partial charge in [-0.15, -0.1) is 5.10 Å². The molecule has 1 aliphatic heterocycles. The van der Waals surface area contributed by atoms with E-state index in [0.717, 1.165) is 22.3 Å². The largest absolute Gasteiger partial charge is 0.490 e. The highest BCUT2D eigenvalue weighted by Crippen LogP contribution is 2.40. The van der Waals surface area contributed by atoms with Crippen LogP contribution in [0, 0.1) is 0 Å². The van der Waals surface area contributed by atoms with E-state index in [2.05, 4.69) is 5.32 Å². The molecule has 1 N–H and O–H groups in total. The van der Waals surface area contributed by atoms with Gasteiger partial charge in [-0.25, -0.2) is 9.48 Å².